The number of aryl methyl sites for hydroxylation is 1. The monoisotopic (exact) mass is 408 g/mol. The summed E-state index contributed by atoms with van der Waals surface area (Å²) in [5.74, 6) is 0.498. The van der Waals surface area contributed by atoms with Gasteiger partial charge in [0, 0.05) is 17.8 Å². The van der Waals surface area contributed by atoms with Gasteiger partial charge in [0.15, 0.2) is 0 Å². The van der Waals surface area contributed by atoms with E-state index in [0.29, 0.717) is 22.9 Å². The summed E-state index contributed by atoms with van der Waals surface area (Å²) in [4.78, 5) is 21.4. The Morgan fingerprint density at radius 1 is 1.30 bits per heavy atom. The molecule has 1 aromatic carbocycles. The number of pyridine rings is 1. The summed E-state index contributed by atoms with van der Waals surface area (Å²) in [5, 5.41) is 2.95. The van der Waals surface area contributed by atoms with E-state index in [1.54, 1.807) is 23.0 Å². The smallest absolute Gasteiger partial charge is 0.270 e. The quantitative estimate of drug-likeness (QED) is 0.700. The number of methoxy groups -OCH3 is 1. The van der Waals surface area contributed by atoms with E-state index in [9.17, 15) is 9.18 Å². The molecule has 3 aromatic rings. The summed E-state index contributed by atoms with van der Waals surface area (Å²) in [6, 6.07) is 6.31. The second-order valence-corrected chi connectivity index (χ2v) is 7.67. The van der Waals surface area contributed by atoms with E-state index in [-0.39, 0.29) is 36.0 Å². The highest BCUT2D eigenvalue weighted by Crippen LogP contribution is 2.45. The van der Waals surface area contributed by atoms with E-state index in [2.05, 4.69) is 15.3 Å². The minimum absolute atomic E-state index is 0.227. The van der Waals surface area contributed by atoms with Gasteiger partial charge in [-0.15, -0.1) is 0 Å². The molecule has 0 radical (unpaired) electrons. The fourth-order valence-corrected chi connectivity index (χ4v) is 3.77. The van der Waals surface area contributed by atoms with Crippen molar-refractivity contribution >= 4 is 5.91 Å². The van der Waals surface area contributed by atoms with Crippen LogP contribution in [-0.2, 0) is 0 Å². The predicted molar refractivity (Wildman–Crippen MR) is 107 cm³/mol. The van der Waals surface area contributed by atoms with Crippen LogP contribution in [-0.4, -0.2) is 34.2 Å². The van der Waals surface area contributed by atoms with E-state index < -0.39 is 0 Å². The summed E-state index contributed by atoms with van der Waals surface area (Å²) in [6.45, 7) is 2.15. The number of imidazole rings is 1. The first-order valence-corrected chi connectivity index (χ1v) is 9.86. The van der Waals surface area contributed by atoms with Crippen molar-refractivity contribution in [2.24, 2.45) is 0 Å². The van der Waals surface area contributed by atoms with Gasteiger partial charge in [-0.3, -0.25) is 4.79 Å². The third-order valence-corrected chi connectivity index (χ3v) is 5.49. The van der Waals surface area contributed by atoms with Gasteiger partial charge in [-0.05, 0) is 49.4 Å². The minimum Gasteiger partial charge on any atom is -0.491 e. The Balaban J connectivity index is 1.38. The van der Waals surface area contributed by atoms with Crippen LogP contribution in [0.25, 0.3) is 5.69 Å². The molecule has 1 fully saturated rings. The van der Waals surface area contributed by atoms with Crippen LogP contribution >= 0.6 is 0 Å². The van der Waals surface area contributed by atoms with Gasteiger partial charge in [-0.2, -0.15) is 0 Å². The van der Waals surface area contributed by atoms with Gasteiger partial charge in [0.2, 0.25) is 5.88 Å². The highest BCUT2D eigenvalue weighted by Gasteiger charge is 2.32. The number of fused-ring (bicyclic) bond motifs is 1. The maximum Gasteiger partial charge on any atom is 0.270 e. The van der Waals surface area contributed by atoms with Crippen molar-refractivity contribution in [3.8, 4) is 17.3 Å². The number of ether oxygens (including phenoxy) is 2. The number of nitrogens with zero attached hydrogens (tertiary/aromatic N) is 3. The number of halogens is 1. The van der Waals surface area contributed by atoms with Crippen molar-refractivity contribution in [3.63, 3.8) is 0 Å². The minimum atomic E-state index is -0.352. The Labute approximate surface area is 172 Å². The Bertz CT molecular complexity index is 1140. The Kier molecular flexibility index (Phi) is 4.42. The zero-order valence-corrected chi connectivity index (χ0v) is 16.7. The van der Waals surface area contributed by atoms with Crippen molar-refractivity contribution in [2.75, 3.05) is 13.7 Å². The molecule has 1 amide bonds. The van der Waals surface area contributed by atoms with Gasteiger partial charge in [-0.25, -0.2) is 14.4 Å². The van der Waals surface area contributed by atoms with Crippen LogP contribution in [0.5, 0.6) is 11.6 Å². The molecule has 5 rings (SSSR count). The van der Waals surface area contributed by atoms with Crippen molar-refractivity contribution < 1.29 is 18.7 Å². The molecule has 0 saturated heterocycles. The van der Waals surface area contributed by atoms with Gasteiger partial charge in [0.1, 0.15) is 29.6 Å². The Morgan fingerprint density at radius 3 is 2.83 bits per heavy atom. The maximum atomic E-state index is 14.3. The average Bonchev–Trinajstić information content (AvgIpc) is 3.39. The van der Waals surface area contributed by atoms with Crippen molar-refractivity contribution in [3.05, 3.63) is 65.1 Å². The molecule has 0 bridgehead atoms. The van der Waals surface area contributed by atoms with Crippen LogP contribution in [0.2, 0.25) is 0 Å². The van der Waals surface area contributed by atoms with Gasteiger partial charge >= 0.3 is 0 Å². The first-order chi connectivity index (χ1) is 14.5. The SMILES string of the molecule is COc1nc(C(=O)N[C@@H]2COc3cc(F)c(C4CC4)cc32)ccc1-n1cnc(C)c1. The van der Waals surface area contributed by atoms with Crippen LogP contribution in [0.3, 0.4) is 0 Å². The third-order valence-electron chi connectivity index (χ3n) is 5.49. The van der Waals surface area contributed by atoms with E-state index in [1.165, 1.54) is 13.2 Å². The lowest BCUT2D eigenvalue weighted by atomic mass is 10.0. The molecule has 7 nitrogen and oxygen atoms in total. The molecule has 1 atom stereocenters. The van der Waals surface area contributed by atoms with Crippen LogP contribution in [0.4, 0.5) is 4.39 Å². The number of carbonyl (C=O) groups is 1. The fraction of sp³-hybridized carbons (Fsp3) is 0.318. The zero-order valence-electron chi connectivity index (χ0n) is 16.7. The lowest BCUT2D eigenvalue weighted by Crippen LogP contribution is -2.30. The number of hydrogen-bond acceptors (Lipinski definition) is 5. The third kappa shape index (κ3) is 3.28. The van der Waals surface area contributed by atoms with Crippen LogP contribution in [0.1, 0.15) is 52.1 Å². The number of benzene rings is 1. The standard InChI is InChI=1S/C22H21FN4O3/c1-12-9-27(11-24-12)19-6-5-17(26-22(19)29-2)21(28)25-18-10-30-20-8-16(23)14(7-15(18)20)13-3-4-13/h5-9,11,13,18H,3-4,10H2,1-2H3,(H,25,28)/t18-/m1/s1. The van der Waals surface area contributed by atoms with Crippen LogP contribution in [0.15, 0.2) is 36.8 Å². The molecule has 30 heavy (non-hydrogen) atoms. The molecule has 1 aliphatic heterocycles. The maximum absolute atomic E-state index is 14.3. The molecule has 3 heterocycles. The molecular formula is C22H21FN4O3. The molecular weight excluding hydrogens is 387 g/mol. The lowest BCUT2D eigenvalue weighted by molar-refractivity contribution is 0.0924. The molecule has 1 saturated carbocycles. The highest BCUT2D eigenvalue weighted by atomic mass is 19.1. The van der Waals surface area contributed by atoms with E-state index in [4.69, 9.17) is 9.47 Å². The van der Waals surface area contributed by atoms with E-state index in [0.717, 1.165) is 24.1 Å². The van der Waals surface area contributed by atoms with Crippen LogP contribution in [0, 0.1) is 12.7 Å². The summed E-state index contributed by atoms with van der Waals surface area (Å²) in [7, 11) is 1.51. The van der Waals surface area contributed by atoms with Gasteiger partial charge in [0.25, 0.3) is 5.91 Å². The molecule has 0 unspecified atom stereocenters. The lowest BCUT2D eigenvalue weighted by Gasteiger charge is -2.14. The molecule has 0 spiro atoms. The van der Waals surface area contributed by atoms with Crippen molar-refractivity contribution in [2.45, 2.75) is 31.7 Å². The van der Waals surface area contributed by atoms with Gasteiger partial charge in [0.05, 0.1) is 25.2 Å². The number of carbonyl (C=O) groups excluding carboxylic acids is 1. The highest BCUT2D eigenvalue weighted by molar-refractivity contribution is 5.93. The van der Waals surface area contributed by atoms with Crippen molar-refractivity contribution in [1.29, 1.82) is 0 Å². The molecule has 1 aliphatic carbocycles. The molecule has 2 aromatic heterocycles. The first-order valence-electron chi connectivity index (χ1n) is 9.86. The number of amides is 1. The average molecular weight is 408 g/mol. The largest absolute Gasteiger partial charge is 0.491 e. The number of rotatable bonds is 5. The number of hydrogen-bond donors (Lipinski definition) is 1. The van der Waals surface area contributed by atoms with Gasteiger partial charge < -0.3 is 19.4 Å². The van der Waals surface area contributed by atoms with Crippen molar-refractivity contribution in [1.82, 2.24) is 19.9 Å². The summed E-state index contributed by atoms with van der Waals surface area (Å²) in [5.41, 5.74) is 3.29. The summed E-state index contributed by atoms with van der Waals surface area (Å²) in [6.07, 6.45) is 5.51. The topological polar surface area (TPSA) is 78.3 Å². The second kappa shape index (κ2) is 7.12. The zero-order chi connectivity index (χ0) is 20.8. The number of aromatic nitrogens is 3. The molecule has 154 valence electrons. The molecule has 2 aliphatic rings. The Hall–Kier alpha value is -3.42. The summed E-state index contributed by atoms with van der Waals surface area (Å²) >= 11 is 0. The molecule has 1 N–H and O–H groups in total. The summed E-state index contributed by atoms with van der Waals surface area (Å²) < 4.78 is 27.0. The van der Waals surface area contributed by atoms with E-state index >= 15 is 0 Å². The fourth-order valence-electron chi connectivity index (χ4n) is 3.77. The van der Waals surface area contributed by atoms with E-state index in [1.807, 2.05) is 19.2 Å². The second-order valence-electron chi connectivity index (χ2n) is 7.67. The van der Waals surface area contributed by atoms with Gasteiger partial charge in [-0.1, -0.05) is 0 Å². The normalized spacial score (nSPS) is 17.4. The number of nitrogens with one attached hydrogen (secondary N) is 1. The molecule has 8 heteroatoms. The predicted octanol–water partition coefficient (Wildman–Crippen LogP) is 3.46. The first kappa shape index (κ1) is 18.6. The van der Waals surface area contributed by atoms with Crippen LogP contribution < -0.4 is 14.8 Å². The Morgan fingerprint density at radius 2 is 2.13 bits per heavy atom.